The van der Waals surface area contributed by atoms with Gasteiger partial charge in [-0.2, -0.15) is 0 Å². The quantitative estimate of drug-likeness (QED) is 0.205. The lowest BCUT2D eigenvalue weighted by Crippen LogP contribution is -2.36. The molecular weight excluding hydrogens is 524 g/mol. The van der Waals surface area contributed by atoms with Crippen molar-refractivity contribution in [2.24, 2.45) is 0 Å². The molecule has 2 saturated heterocycles. The van der Waals surface area contributed by atoms with E-state index in [9.17, 15) is 20.4 Å². The van der Waals surface area contributed by atoms with Crippen molar-refractivity contribution in [3.05, 3.63) is 59.7 Å². The van der Waals surface area contributed by atoms with E-state index in [4.69, 9.17) is 18.9 Å². The van der Waals surface area contributed by atoms with Gasteiger partial charge in [-0.1, -0.05) is 38.1 Å². The van der Waals surface area contributed by atoms with Crippen molar-refractivity contribution in [3.8, 4) is 11.5 Å². The summed E-state index contributed by atoms with van der Waals surface area (Å²) in [6, 6.07) is 14.0. The normalized spacial score (nSPS) is 28.3. The summed E-state index contributed by atoms with van der Waals surface area (Å²) in [5, 5.41) is 40.3. The second kappa shape index (κ2) is 15.9. The number of aliphatic hydroxyl groups excluding tert-OH is 2. The van der Waals surface area contributed by atoms with Gasteiger partial charge >= 0.3 is 0 Å². The third kappa shape index (κ3) is 9.94. The van der Waals surface area contributed by atoms with Crippen LogP contribution in [-0.2, 0) is 18.9 Å². The van der Waals surface area contributed by atoms with Gasteiger partial charge in [-0.15, -0.1) is 0 Å². The molecule has 0 amide bonds. The molecule has 0 aliphatic carbocycles. The van der Waals surface area contributed by atoms with Crippen LogP contribution in [0.1, 0.15) is 108 Å². The number of aromatic hydroxyl groups is 2. The molecule has 2 aromatic carbocycles. The van der Waals surface area contributed by atoms with E-state index < -0.39 is 18.7 Å². The van der Waals surface area contributed by atoms with Crippen LogP contribution in [0.2, 0.25) is 0 Å². The predicted octanol–water partition coefficient (Wildman–Crippen LogP) is 6.42. The van der Waals surface area contributed by atoms with Crippen molar-refractivity contribution in [1.29, 1.82) is 0 Å². The first-order valence-electron chi connectivity index (χ1n) is 15.4. The minimum Gasteiger partial charge on any atom is -0.508 e. The Bertz CT molecular complexity index is 1050. The summed E-state index contributed by atoms with van der Waals surface area (Å²) in [5.41, 5.74) is 1.57. The number of aliphatic hydroxyl groups is 2. The summed E-state index contributed by atoms with van der Waals surface area (Å²) in [6.45, 7) is 3.96. The lowest BCUT2D eigenvalue weighted by atomic mass is 9.95. The molecule has 0 aromatic heterocycles. The van der Waals surface area contributed by atoms with Gasteiger partial charge < -0.3 is 39.4 Å². The van der Waals surface area contributed by atoms with E-state index in [1.807, 2.05) is 26.0 Å². The Balaban J connectivity index is 1.36. The van der Waals surface area contributed by atoms with E-state index in [1.165, 1.54) is 0 Å². The second-order valence-corrected chi connectivity index (χ2v) is 11.6. The van der Waals surface area contributed by atoms with Crippen LogP contribution in [0, 0.1) is 0 Å². The smallest absolute Gasteiger partial charge is 0.184 e. The number of ether oxygens (including phenoxy) is 4. The predicted molar refractivity (Wildman–Crippen MR) is 155 cm³/mol. The highest BCUT2D eigenvalue weighted by Crippen LogP contribution is 2.37. The van der Waals surface area contributed by atoms with Crippen molar-refractivity contribution in [2.75, 3.05) is 0 Å². The molecule has 4 rings (SSSR count). The number of phenolic OH excluding ortho intramolecular Hbond substituents is 2. The molecule has 41 heavy (non-hydrogen) atoms. The zero-order valence-electron chi connectivity index (χ0n) is 24.4. The molecule has 8 unspecified atom stereocenters. The van der Waals surface area contributed by atoms with E-state index in [0.29, 0.717) is 19.3 Å². The van der Waals surface area contributed by atoms with Gasteiger partial charge in [0.1, 0.15) is 11.5 Å². The lowest BCUT2D eigenvalue weighted by molar-refractivity contribution is -0.257. The molecule has 8 atom stereocenters. The highest BCUT2D eigenvalue weighted by atomic mass is 16.7. The molecule has 0 bridgehead atoms. The maximum Gasteiger partial charge on any atom is 0.184 e. The molecule has 228 valence electrons. The van der Waals surface area contributed by atoms with E-state index in [-0.39, 0.29) is 42.0 Å². The van der Waals surface area contributed by atoms with Crippen LogP contribution in [0.25, 0.3) is 0 Å². The molecule has 0 spiro atoms. The third-order valence-electron chi connectivity index (χ3n) is 8.19. The summed E-state index contributed by atoms with van der Waals surface area (Å²) in [7, 11) is 0. The Morgan fingerprint density at radius 2 is 1.12 bits per heavy atom. The fourth-order valence-electron chi connectivity index (χ4n) is 5.77. The first-order valence-corrected chi connectivity index (χ1v) is 15.4. The standard InChI is InChI=1S/C33H48O8/c1-3-24(34)11-7-14-28-20-29(39-32(38-28)22-9-5-12-26(36)17-22)15-8-16-30-21-31(19-25(35)4-2)41-33(40-30)23-10-6-13-27(37)18-23/h5-6,9-10,12-13,17-18,24-25,28-37H,3-4,7-8,11,14-16,19-21H2,1-2H3. The summed E-state index contributed by atoms with van der Waals surface area (Å²) in [5.74, 6) is 0.346. The van der Waals surface area contributed by atoms with Gasteiger partial charge in [-0.3, -0.25) is 0 Å². The van der Waals surface area contributed by atoms with E-state index in [2.05, 4.69) is 0 Å². The second-order valence-electron chi connectivity index (χ2n) is 11.6. The van der Waals surface area contributed by atoms with Gasteiger partial charge in [0, 0.05) is 24.0 Å². The maximum absolute atomic E-state index is 10.3. The van der Waals surface area contributed by atoms with Gasteiger partial charge in [-0.25, -0.2) is 0 Å². The minimum atomic E-state index is -0.591. The molecule has 4 N–H and O–H groups in total. The molecule has 8 heteroatoms. The fourth-order valence-corrected chi connectivity index (χ4v) is 5.77. The first-order chi connectivity index (χ1) is 19.8. The zero-order chi connectivity index (χ0) is 29.2. The van der Waals surface area contributed by atoms with Crippen molar-refractivity contribution in [1.82, 2.24) is 0 Å². The summed E-state index contributed by atoms with van der Waals surface area (Å²) < 4.78 is 25.2. The monoisotopic (exact) mass is 572 g/mol. The Morgan fingerprint density at radius 1 is 0.659 bits per heavy atom. The molecule has 2 fully saturated rings. The van der Waals surface area contributed by atoms with Crippen molar-refractivity contribution in [2.45, 2.75) is 134 Å². The number of hydrogen-bond donors (Lipinski definition) is 4. The number of phenols is 2. The first kappa shape index (κ1) is 31.7. The molecular formula is C33H48O8. The largest absolute Gasteiger partial charge is 0.508 e. The van der Waals surface area contributed by atoms with Crippen LogP contribution >= 0.6 is 0 Å². The van der Waals surface area contributed by atoms with Crippen molar-refractivity contribution in [3.63, 3.8) is 0 Å². The fraction of sp³-hybridized carbons (Fsp3) is 0.636. The Kier molecular flexibility index (Phi) is 12.3. The zero-order valence-corrected chi connectivity index (χ0v) is 24.4. The van der Waals surface area contributed by atoms with E-state index in [1.54, 1.807) is 36.4 Å². The number of rotatable bonds is 14. The van der Waals surface area contributed by atoms with Gasteiger partial charge in [0.05, 0.1) is 36.6 Å². The molecule has 2 aliphatic heterocycles. The van der Waals surface area contributed by atoms with Crippen molar-refractivity contribution >= 4 is 0 Å². The minimum absolute atomic E-state index is 0.00313. The molecule has 0 saturated carbocycles. The van der Waals surface area contributed by atoms with Crippen LogP contribution in [0.5, 0.6) is 11.5 Å². The number of benzene rings is 2. The van der Waals surface area contributed by atoms with Crippen LogP contribution < -0.4 is 0 Å². The Labute approximate surface area is 244 Å². The number of hydrogen-bond acceptors (Lipinski definition) is 8. The topological polar surface area (TPSA) is 118 Å². The molecule has 0 radical (unpaired) electrons. The molecule has 8 nitrogen and oxygen atoms in total. The van der Waals surface area contributed by atoms with Gasteiger partial charge in [0.2, 0.25) is 0 Å². The third-order valence-corrected chi connectivity index (χ3v) is 8.19. The van der Waals surface area contributed by atoms with Crippen LogP contribution in [0.4, 0.5) is 0 Å². The Hall–Kier alpha value is -2.20. The average Bonchev–Trinajstić information content (AvgIpc) is 2.97. The average molecular weight is 573 g/mol. The lowest BCUT2D eigenvalue weighted by Gasteiger charge is -2.38. The van der Waals surface area contributed by atoms with Gasteiger partial charge in [0.15, 0.2) is 12.6 Å². The van der Waals surface area contributed by atoms with E-state index in [0.717, 1.165) is 62.5 Å². The van der Waals surface area contributed by atoms with Gasteiger partial charge in [-0.05, 0) is 82.1 Å². The van der Waals surface area contributed by atoms with Crippen molar-refractivity contribution < 1.29 is 39.4 Å². The summed E-state index contributed by atoms with van der Waals surface area (Å²) in [6.07, 6.45) is 6.49. The molecule has 2 aromatic rings. The molecule has 2 heterocycles. The molecule has 2 aliphatic rings. The van der Waals surface area contributed by atoms with Crippen LogP contribution in [-0.4, -0.2) is 57.0 Å². The highest BCUT2D eigenvalue weighted by Gasteiger charge is 2.34. The summed E-state index contributed by atoms with van der Waals surface area (Å²) >= 11 is 0. The Morgan fingerprint density at radius 3 is 1.61 bits per heavy atom. The highest BCUT2D eigenvalue weighted by molar-refractivity contribution is 5.29. The SMILES string of the molecule is CCC(O)CCCC1CC(CCCC2CC(CC(O)CC)OC(c3cccc(O)c3)O2)OC(c2cccc(O)c2)O1. The van der Waals surface area contributed by atoms with Crippen LogP contribution in [0.3, 0.4) is 0 Å². The van der Waals surface area contributed by atoms with Gasteiger partial charge in [0.25, 0.3) is 0 Å². The summed E-state index contributed by atoms with van der Waals surface area (Å²) in [4.78, 5) is 0. The van der Waals surface area contributed by atoms with E-state index >= 15 is 0 Å². The van der Waals surface area contributed by atoms with Crippen LogP contribution in [0.15, 0.2) is 48.5 Å². The maximum atomic E-state index is 10.3.